The van der Waals surface area contributed by atoms with Crippen LogP contribution in [0.25, 0.3) is 0 Å². The lowest BCUT2D eigenvalue weighted by molar-refractivity contribution is -0.186. The molecule has 2 aromatic rings. The maximum Gasteiger partial charge on any atom is 0.471 e. The van der Waals surface area contributed by atoms with E-state index in [9.17, 15) is 27.2 Å². The van der Waals surface area contributed by atoms with Crippen molar-refractivity contribution in [2.24, 2.45) is 0 Å². The topological polar surface area (TPSA) is 77.1 Å². The Morgan fingerprint density at radius 1 is 1.11 bits per heavy atom. The van der Waals surface area contributed by atoms with Crippen LogP contribution in [0.5, 0.6) is 17.2 Å². The molecule has 11 heteroatoms. The zero-order chi connectivity index (χ0) is 27.2. The SMILES string of the molecule is COc1ccc(CNC(=O)CC[C@H](C)Oc2ccc(F)cc2[C@H]2CCCN2C(=O)C(F)(F)F)c(OC)c1. The number of rotatable bonds is 10. The summed E-state index contributed by atoms with van der Waals surface area (Å²) in [5.74, 6) is -1.45. The molecule has 0 saturated carbocycles. The minimum absolute atomic E-state index is 0.0757. The van der Waals surface area contributed by atoms with Gasteiger partial charge in [0.05, 0.1) is 26.4 Å². The van der Waals surface area contributed by atoms with Gasteiger partial charge in [0.2, 0.25) is 5.91 Å². The lowest BCUT2D eigenvalue weighted by Gasteiger charge is -2.28. The Bertz CT molecular complexity index is 1110. The molecule has 202 valence electrons. The van der Waals surface area contributed by atoms with Gasteiger partial charge in [0, 0.05) is 36.7 Å². The predicted molar refractivity (Wildman–Crippen MR) is 127 cm³/mol. The summed E-state index contributed by atoms with van der Waals surface area (Å²) in [6.07, 6.45) is -4.48. The second-order valence-corrected chi connectivity index (χ2v) is 8.76. The Morgan fingerprint density at radius 3 is 2.54 bits per heavy atom. The van der Waals surface area contributed by atoms with Gasteiger partial charge < -0.3 is 24.4 Å². The first kappa shape index (κ1) is 28.1. The lowest BCUT2D eigenvalue weighted by Crippen LogP contribution is -2.40. The molecule has 0 bridgehead atoms. The van der Waals surface area contributed by atoms with Crippen LogP contribution in [0.3, 0.4) is 0 Å². The van der Waals surface area contributed by atoms with Crippen LogP contribution < -0.4 is 19.5 Å². The van der Waals surface area contributed by atoms with Gasteiger partial charge in [-0.25, -0.2) is 4.39 Å². The van der Waals surface area contributed by atoms with Crippen molar-refractivity contribution < 1.29 is 41.4 Å². The molecule has 0 aromatic heterocycles. The number of carbonyl (C=O) groups excluding carboxylic acids is 2. The summed E-state index contributed by atoms with van der Waals surface area (Å²) in [7, 11) is 3.06. The molecule has 37 heavy (non-hydrogen) atoms. The maximum atomic E-state index is 14.0. The molecule has 3 rings (SSSR count). The van der Waals surface area contributed by atoms with Crippen LogP contribution in [0, 0.1) is 5.82 Å². The van der Waals surface area contributed by atoms with Crippen LogP contribution in [0.2, 0.25) is 0 Å². The van der Waals surface area contributed by atoms with E-state index in [1.807, 2.05) is 0 Å². The number of nitrogens with one attached hydrogen (secondary N) is 1. The molecule has 1 aliphatic heterocycles. The van der Waals surface area contributed by atoms with Crippen LogP contribution in [0.15, 0.2) is 36.4 Å². The number of benzene rings is 2. The van der Waals surface area contributed by atoms with Gasteiger partial charge >= 0.3 is 12.1 Å². The monoisotopic (exact) mass is 526 g/mol. The number of alkyl halides is 3. The van der Waals surface area contributed by atoms with Crippen molar-refractivity contribution in [1.82, 2.24) is 10.2 Å². The van der Waals surface area contributed by atoms with Crippen molar-refractivity contribution in [3.8, 4) is 17.2 Å². The first-order chi connectivity index (χ1) is 17.5. The average Bonchev–Trinajstić information content (AvgIpc) is 3.35. The van der Waals surface area contributed by atoms with Crippen LogP contribution in [0.1, 0.15) is 49.8 Å². The van der Waals surface area contributed by atoms with E-state index in [2.05, 4.69) is 5.32 Å². The summed E-state index contributed by atoms with van der Waals surface area (Å²) >= 11 is 0. The quantitative estimate of drug-likeness (QED) is 0.444. The fraction of sp³-hybridized carbons (Fsp3) is 0.462. The number of hydrogen-bond acceptors (Lipinski definition) is 5. The van der Waals surface area contributed by atoms with Gasteiger partial charge in [-0.05, 0) is 56.5 Å². The van der Waals surface area contributed by atoms with Gasteiger partial charge in [0.15, 0.2) is 0 Å². The zero-order valence-corrected chi connectivity index (χ0v) is 20.9. The number of methoxy groups -OCH3 is 2. The first-order valence-electron chi connectivity index (χ1n) is 11.8. The summed E-state index contributed by atoms with van der Waals surface area (Å²) in [6.45, 7) is 1.88. The van der Waals surface area contributed by atoms with E-state index in [1.54, 1.807) is 32.2 Å². The van der Waals surface area contributed by atoms with Gasteiger partial charge in [0.25, 0.3) is 0 Å². The van der Waals surface area contributed by atoms with Crippen molar-refractivity contribution in [2.45, 2.75) is 57.5 Å². The molecule has 2 aromatic carbocycles. The highest BCUT2D eigenvalue weighted by molar-refractivity contribution is 5.82. The van der Waals surface area contributed by atoms with Gasteiger partial charge in [-0.2, -0.15) is 13.2 Å². The Hall–Kier alpha value is -3.50. The number of hydrogen-bond donors (Lipinski definition) is 1. The summed E-state index contributed by atoms with van der Waals surface area (Å²) < 4.78 is 69.6. The lowest BCUT2D eigenvalue weighted by atomic mass is 10.0. The number of amides is 2. The van der Waals surface area contributed by atoms with Gasteiger partial charge in [-0.15, -0.1) is 0 Å². The zero-order valence-electron chi connectivity index (χ0n) is 20.9. The molecule has 0 radical (unpaired) electrons. The van der Waals surface area contributed by atoms with Gasteiger partial charge in [-0.1, -0.05) is 0 Å². The third-order valence-corrected chi connectivity index (χ3v) is 6.16. The van der Waals surface area contributed by atoms with Crippen LogP contribution in [-0.2, 0) is 16.1 Å². The van der Waals surface area contributed by atoms with Crippen molar-refractivity contribution >= 4 is 11.8 Å². The smallest absolute Gasteiger partial charge is 0.471 e. The molecule has 1 fully saturated rings. The number of carbonyl (C=O) groups is 2. The van der Waals surface area contributed by atoms with Crippen LogP contribution in [-0.4, -0.2) is 49.8 Å². The highest BCUT2D eigenvalue weighted by Gasteiger charge is 2.46. The minimum Gasteiger partial charge on any atom is -0.497 e. The number of likely N-dealkylation sites (tertiary alicyclic amines) is 1. The largest absolute Gasteiger partial charge is 0.497 e. The summed E-state index contributed by atoms with van der Waals surface area (Å²) in [6, 6.07) is 7.89. The molecule has 2 amide bonds. The van der Waals surface area contributed by atoms with E-state index in [4.69, 9.17) is 14.2 Å². The molecule has 1 heterocycles. The second-order valence-electron chi connectivity index (χ2n) is 8.76. The van der Waals surface area contributed by atoms with E-state index in [-0.39, 0.29) is 43.2 Å². The van der Waals surface area contributed by atoms with Crippen molar-refractivity contribution in [1.29, 1.82) is 0 Å². The summed E-state index contributed by atoms with van der Waals surface area (Å²) in [5, 5.41) is 2.81. The predicted octanol–water partition coefficient (Wildman–Crippen LogP) is 4.93. The van der Waals surface area contributed by atoms with E-state index in [0.717, 1.165) is 17.7 Å². The highest BCUT2D eigenvalue weighted by Crippen LogP contribution is 2.40. The van der Waals surface area contributed by atoms with Crippen LogP contribution in [0.4, 0.5) is 17.6 Å². The third-order valence-electron chi connectivity index (χ3n) is 6.16. The fourth-order valence-electron chi connectivity index (χ4n) is 4.27. The molecule has 0 unspecified atom stereocenters. The highest BCUT2D eigenvalue weighted by atomic mass is 19.4. The van der Waals surface area contributed by atoms with E-state index < -0.39 is 30.0 Å². The minimum atomic E-state index is -5.02. The van der Waals surface area contributed by atoms with Gasteiger partial charge in [-0.3, -0.25) is 9.59 Å². The average molecular weight is 527 g/mol. The molecule has 2 atom stereocenters. The Morgan fingerprint density at radius 2 is 1.86 bits per heavy atom. The first-order valence-corrected chi connectivity index (χ1v) is 11.8. The Labute approximate surface area is 212 Å². The standard InChI is InChI=1S/C26H30F4N2O5/c1-16(6-11-24(33)31-15-17-7-9-19(35-2)14-23(17)36-3)37-22-10-8-18(27)13-20(22)21-5-4-12-32(21)25(34)26(28,29)30/h7-10,13-14,16,21H,4-6,11-12,15H2,1-3H3,(H,31,33)/t16-,21+/m0/s1. The molecule has 1 saturated heterocycles. The number of nitrogens with zero attached hydrogens (tertiary/aromatic N) is 1. The number of halogens is 4. The molecule has 1 N–H and O–H groups in total. The molecule has 7 nitrogen and oxygen atoms in total. The van der Waals surface area contributed by atoms with E-state index in [0.29, 0.717) is 29.2 Å². The van der Waals surface area contributed by atoms with Gasteiger partial charge in [0.1, 0.15) is 23.1 Å². The molecule has 1 aliphatic rings. The summed E-state index contributed by atoms with van der Waals surface area (Å²) in [5.41, 5.74) is 0.949. The summed E-state index contributed by atoms with van der Waals surface area (Å²) in [4.78, 5) is 25.0. The fourth-order valence-corrected chi connectivity index (χ4v) is 4.27. The van der Waals surface area contributed by atoms with E-state index in [1.165, 1.54) is 13.2 Å². The van der Waals surface area contributed by atoms with E-state index >= 15 is 0 Å². The molecule has 0 aliphatic carbocycles. The molecular weight excluding hydrogens is 496 g/mol. The molecule has 0 spiro atoms. The second kappa shape index (κ2) is 12.2. The third kappa shape index (κ3) is 7.27. The Kier molecular flexibility index (Phi) is 9.23. The molecular formula is C26H30F4N2O5. The van der Waals surface area contributed by atoms with Crippen molar-refractivity contribution in [3.05, 3.63) is 53.3 Å². The van der Waals surface area contributed by atoms with Crippen LogP contribution >= 0.6 is 0 Å². The van der Waals surface area contributed by atoms with Crippen molar-refractivity contribution in [3.63, 3.8) is 0 Å². The maximum absolute atomic E-state index is 14.0. The number of ether oxygens (including phenoxy) is 3. The normalized spacial score (nSPS) is 16.3. The Balaban J connectivity index is 1.60. The van der Waals surface area contributed by atoms with Crippen molar-refractivity contribution in [2.75, 3.05) is 20.8 Å².